The van der Waals surface area contributed by atoms with Crippen LogP contribution in [0.4, 0.5) is 8.78 Å². The molecule has 1 aromatic heterocycles. The van der Waals surface area contributed by atoms with Crippen molar-refractivity contribution in [3.05, 3.63) is 23.7 Å². The number of thioether (sulfide) groups is 1. The van der Waals surface area contributed by atoms with Gasteiger partial charge in [-0.2, -0.15) is 8.78 Å². The third-order valence-corrected chi connectivity index (χ3v) is 2.63. The molecule has 0 aliphatic rings. The van der Waals surface area contributed by atoms with Gasteiger partial charge in [0.25, 0.3) is 5.76 Å². The van der Waals surface area contributed by atoms with Crippen molar-refractivity contribution in [2.24, 2.45) is 0 Å². The van der Waals surface area contributed by atoms with E-state index in [-0.39, 0.29) is 5.75 Å². The van der Waals surface area contributed by atoms with Crippen LogP contribution in [0, 0.1) is 0 Å². The Labute approximate surface area is 104 Å². The van der Waals surface area contributed by atoms with Crippen LogP contribution >= 0.6 is 11.8 Å². The molecule has 6 heteroatoms. The lowest BCUT2D eigenvalue weighted by Crippen LogP contribution is -2.34. The molecule has 0 radical (unpaired) electrons. The van der Waals surface area contributed by atoms with Gasteiger partial charge < -0.3 is 14.8 Å². The summed E-state index contributed by atoms with van der Waals surface area (Å²) in [6.07, 6.45) is 0. The summed E-state index contributed by atoms with van der Waals surface area (Å²) >= 11 is 0.538. The molecule has 0 amide bonds. The fourth-order valence-electron chi connectivity index (χ4n) is 1.23. The average molecular weight is 265 g/mol. The fourth-order valence-corrected chi connectivity index (χ4v) is 1.68. The summed E-state index contributed by atoms with van der Waals surface area (Å²) in [5.41, 5.74) is -0.777. The molecule has 17 heavy (non-hydrogen) atoms. The standard InChI is InChI=1S/C11H17F2NO2S/c1-11(2,15)7-14-5-8-3-4-9(16-8)6-17-10(12)13/h3-4,10,14-15H,5-7H2,1-2H3. The maximum absolute atomic E-state index is 11.9. The van der Waals surface area contributed by atoms with Crippen LogP contribution in [0.5, 0.6) is 0 Å². The van der Waals surface area contributed by atoms with E-state index >= 15 is 0 Å². The molecule has 3 nitrogen and oxygen atoms in total. The van der Waals surface area contributed by atoms with E-state index in [1.807, 2.05) is 0 Å². The smallest absolute Gasteiger partial charge is 0.284 e. The molecule has 1 rings (SSSR count). The zero-order valence-electron chi connectivity index (χ0n) is 9.87. The SMILES string of the molecule is CC(C)(O)CNCc1ccc(CSC(F)F)o1. The predicted octanol–water partition coefficient (Wildman–Crippen LogP) is 2.60. The van der Waals surface area contributed by atoms with Gasteiger partial charge >= 0.3 is 0 Å². The highest BCUT2D eigenvalue weighted by Gasteiger charge is 2.12. The van der Waals surface area contributed by atoms with Crippen LogP contribution in [-0.2, 0) is 12.3 Å². The molecule has 1 aromatic rings. The van der Waals surface area contributed by atoms with Crippen molar-refractivity contribution >= 4 is 11.8 Å². The lowest BCUT2D eigenvalue weighted by atomic mass is 10.1. The molecule has 0 atom stereocenters. The second-order valence-corrected chi connectivity index (χ2v) is 5.33. The molecule has 1 heterocycles. The molecule has 0 fully saturated rings. The summed E-state index contributed by atoms with van der Waals surface area (Å²) in [6.45, 7) is 4.32. The first-order valence-electron chi connectivity index (χ1n) is 5.27. The molecular formula is C11H17F2NO2S. The van der Waals surface area contributed by atoms with Gasteiger partial charge in [0.15, 0.2) is 0 Å². The molecule has 0 unspecified atom stereocenters. The van der Waals surface area contributed by atoms with E-state index in [0.717, 1.165) is 0 Å². The first-order valence-corrected chi connectivity index (χ1v) is 6.32. The van der Waals surface area contributed by atoms with E-state index in [9.17, 15) is 13.9 Å². The number of nitrogens with one attached hydrogen (secondary N) is 1. The second-order valence-electron chi connectivity index (χ2n) is 4.36. The monoisotopic (exact) mass is 265 g/mol. The Bertz CT molecular complexity index is 336. The minimum atomic E-state index is -2.38. The Hall–Kier alpha value is -0.590. The molecule has 0 spiro atoms. The quantitative estimate of drug-likeness (QED) is 0.795. The van der Waals surface area contributed by atoms with Gasteiger partial charge in [0.2, 0.25) is 0 Å². The van der Waals surface area contributed by atoms with Crippen LogP contribution in [0.15, 0.2) is 16.5 Å². The molecule has 0 aliphatic heterocycles. The molecule has 0 aromatic carbocycles. The van der Waals surface area contributed by atoms with E-state index in [1.165, 1.54) is 0 Å². The first kappa shape index (κ1) is 14.5. The van der Waals surface area contributed by atoms with Gasteiger partial charge in [0.1, 0.15) is 11.5 Å². The van der Waals surface area contributed by atoms with Crippen molar-refractivity contribution in [3.63, 3.8) is 0 Å². The largest absolute Gasteiger partial charge is 0.464 e. The molecule has 0 saturated heterocycles. The molecule has 98 valence electrons. The van der Waals surface area contributed by atoms with Gasteiger partial charge in [-0.1, -0.05) is 11.8 Å². The van der Waals surface area contributed by atoms with Crippen LogP contribution in [0.1, 0.15) is 25.4 Å². The predicted molar refractivity (Wildman–Crippen MR) is 64.0 cm³/mol. The minimum absolute atomic E-state index is 0.170. The van der Waals surface area contributed by atoms with Crippen molar-refractivity contribution in [2.75, 3.05) is 6.54 Å². The summed E-state index contributed by atoms with van der Waals surface area (Å²) in [5, 5.41) is 12.5. The average Bonchev–Trinajstić information content (AvgIpc) is 2.61. The normalized spacial score (nSPS) is 12.4. The third kappa shape index (κ3) is 6.65. The second kappa shape index (κ2) is 6.37. The Balaban J connectivity index is 2.31. The van der Waals surface area contributed by atoms with Crippen LogP contribution in [0.25, 0.3) is 0 Å². The summed E-state index contributed by atoms with van der Waals surface area (Å²) in [6, 6.07) is 3.44. The van der Waals surface area contributed by atoms with E-state index in [4.69, 9.17) is 4.42 Å². The molecular weight excluding hydrogens is 248 g/mol. The van der Waals surface area contributed by atoms with Crippen molar-refractivity contribution in [3.8, 4) is 0 Å². The van der Waals surface area contributed by atoms with E-state index < -0.39 is 11.4 Å². The van der Waals surface area contributed by atoms with Crippen molar-refractivity contribution in [1.82, 2.24) is 5.32 Å². The number of hydrogen-bond acceptors (Lipinski definition) is 4. The molecule has 2 N–H and O–H groups in total. The number of hydrogen-bond donors (Lipinski definition) is 2. The highest BCUT2D eigenvalue weighted by molar-refractivity contribution is 7.98. The Morgan fingerprint density at radius 3 is 2.65 bits per heavy atom. The summed E-state index contributed by atoms with van der Waals surface area (Å²) in [7, 11) is 0. The van der Waals surface area contributed by atoms with Crippen molar-refractivity contribution < 1.29 is 18.3 Å². The Kier molecular flexibility index (Phi) is 5.42. The van der Waals surface area contributed by atoms with Crippen LogP contribution in [0.2, 0.25) is 0 Å². The number of alkyl halides is 2. The fraction of sp³-hybridized carbons (Fsp3) is 0.636. The molecule has 0 aliphatic carbocycles. The van der Waals surface area contributed by atoms with E-state index in [1.54, 1.807) is 26.0 Å². The van der Waals surface area contributed by atoms with Gasteiger partial charge in [0, 0.05) is 6.54 Å². The zero-order chi connectivity index (χ0) is 12.9. The highest BCUT2D eigenvalue weighted by Crippen LogP contribution is 2.21. The van der Waals surface area contributed by atoms with Gasteiger partial charge in [-0.25, -0.2) is 0 Å². The third-order valence-electron chi connectivity index (χ3n) is 1.93. The van der Waals surface area contributed by atoms with Gasteiger partial charge in [0.05, 0.1) is 17.9 Å². The van der Waals surface area contributed by atoms with Crippen LogP contribution < -0.4 is 5.32 Å². The van der Waals surface area contributed by atoms with Gasteiger partial charge in [-0.15, -0.1) is 0 Å². The maximum atomic E-state index is 11.9. The lowest BCUT2D eigenvalue weighted by molar-refractivity contribution is 0.0790. The van der Waals surface area contributed by atoms with Crippen molar-refractivity contribution in [1.29, 1.82) is 0 Å². The van der Waals surface area contributed by atoms with E-state index in [2.05, 4.69) is 5.32 Å². The lowest BCUT2D eigenvalue weighted by Gasteiger charge is -2.16. The summed E-state index contributed by atoms with van der Waals surface area (Å²) in [5.74, 6) is -0.991. The van der Waals surface area contributed by atoms with Crippen molar-refractivity contribution in [2.45, 2.75) is 37.5 Å². The maximum Gasteiger partial charge on any atom is 0.284 e. The first-order chi connectivity index (χ1) is 7.87. The minimum Gasteiger partial charge on any atom is -0.464 e. The number of halogens is 2. The number of rotatable bonds is 7. The number of furan rings is 1. The summed E-state index contributed by atoms with van der Waals surface area (Å²) < 4.78 is 29.2. The molecule has 0 bridgehead atoms. The topological polar surface area (TPSA) is 45.4 Å². The van der Waals surface area contributed by atoms with Gasteiger partial charge in [-0.05, 0) is 26.0 Å². The zero-order valence-corrected chi connectivity index (χ0v) is 10.7. The van der Waals surface area contributed by atoms with E-state index in [0.29, 0.717) is 36.4 Å². The molecule has 0 saturated carbocycles. The Morgan fingerprint density at radius 1 is 1.41 bits per heavy atom. The Morgan fingerprint density at radius 2 is 2.06 bits per heavy atom. The number of aliphatic hydroxyl groups is 1. The summed E-state index contributed by atoms with van der Waals surface area (Å²) in [4.78, 5) is 0. The highest BCUT2D eigenvalue weighted by atomic mass is 32.2. The van der Waals surface area contributed by atoms with Crippen LogP contribution in [-0.4, -0.2) is 23.0 Å². The van der Waals surface area contributed by atoms with Gasteiger partial charge in [-0.3, -0.25) is 0 Å². The van der Waals surface area contributed by atoms with Crippen LogP contribution in [0.3, 0.4) is 0 Å².